The summed E-state index contributed by atoms with van der Waals surface area (Å²) < 4.78 is 38.6. The Bertz CT molecular complexity index is 844. The molecule has 7 nitrogen and oxygen atoms in total. The van der Waals surface area contributed by atoms with E-state index in [1.807, 2.05) is 4.90 Å². The van der Waals surface area contributed by atoms with Gasteiger partial charge in [0, 0.05) is 25.4 Å². The minimum Gasteiger partial charge on any atom is -0.393 e. The van der Waals surface area contributed by atoms with Crippen molar-refractivity contribution in [1.82, 2.24) is 25.5 Å². The summed E-state index contributed by atoms with van der Waals surface area (Å²) in [4.78, 5) is 14.2. The number of H-pyrrole nitrogens is 1. The molecule has 2 N–H and O–H groups in total. The number of amides is 1. The number of halogens is 3. The maximum Gasteiger partial charge on any atom is 0.416 e. The second kappa shape index (κ2) is 11.4. The maximum absolute atomic E-state index is 12.9. The van der Waals surface area contributed by atoms with E-state index in [4.69, 9.17) is 0 Å². The summed E-state index contributed by atoms with van der Waals surface area (Å²) in [6.07, 6.45) is 2.15. The molecular weight excluding hydrogens is 423 g/mol. The summed E-state index contributed by atoms with van der Waals surface area (Å²) in [5, 5.41) is 24.2. The Morgan fingerprint density at radius 1 is 1.22 bits per heavy atom. The van der Waals surface area contributed by atoms with Crippen LogP contribution in [0.5, 0.6) is 0 Å². The van der Waals surface area contributed by atoms with E-state index in [0.717, 1.165) is 50.7 Å². The third kappa shape index (κ3) is 7.29. The number of aryl methyl sites for hydroxylation is 1. The molecule has 0 unspecified atom stereocenters. The molecule has 1 aromatic heterocycles. The Labute approximate surface area is 185 Å². The fourth-order valence-corrected chi connectivity index (χ4v) is 4.24. The zero-order chi connectivity index (χ0) is 23.0. The topological polar surface area (TPSA) is 95.0 Å². The van der Waals surface area contributed by atoms with E-state index in [2.05, 4.69) is 20.6 Å². The number of rotatable bonds is 12. The Balaban J connectivity index is 1.37. The van der Waals surface area contributed by atoms with Crippen LogP contribution < -0.4 is 0 Å². The van der Waals surface area contributed by atoms with E-state index in [1.54, 1.807) is 6.07 Å². The molecule has 1 fully saturated rings. The van der Waals surface area contributed by atoms with E-state index < -0.39 is 17.8 Å². The molecule has 1 aromatic carbocycles. The van der Waals surface area contributed by atoms with Crippen LogP contribution in [0.1, 0.15) is 68.3 Å². The largest absolute Gasteiger partial charge is 0.416 e. The van der Waals surface area contributed by atoms with Gasteiger partial charge in [-0.05, 0) is 50.2 Å². The highest BCUT2D eigenvalue weighted by atomic mass is 19.4. The second-order valence-electron chi connectivity index (χ2n) is 8.41. The van der Waals surface area contributed by atoms with Gasteiger partial charge in [0.15, 0.2) is 5.82 Å². The summed E-state index contributed by atoms with van der Waals surface area (Å²) in [5.74, 6) is 0.859. The Kier molecular flexibility index (Phi) is 8.60. The van der Waals surface area contributed by atoms with Crippen molar-refractivity contribution in [2.24, 2.45) is 0 Å². The number of aromatic nitrogens is 4. The number of likely N-dealkylation sites (tertiary alicyclic amines) is 1. The van der Waals surface area contributed by atoms with Crippen LogP contribution in [0.15, 0.2) is 24.3 Å². The predicted octanol–water partition coefficient (Wildman–Crippen LogP) is 3.70. The first-order chi connectivity index (χ1) is 15.3. The lowest BCUT2D eigenvalue weighted by molar-refractivity contribution is -0.137. The number of hydrogen-bond donors (Lipinski definition) is 2. The number of benzene rings is 1. The lowest BCUT2D eigenvalue weighted by Gasteiger charge is -2.26. The average molecular weight is 454 g/mol. The van der Waals surface area contributed by atoms with Gasteiger partial charge >= 0.3 is 6.18 Å². The van der Waals surface area contributed by atoms with Crippen molar-refractivity contribution in [3.8, 4) is 0 Å². The standard InChI is InChI=1S/C22H30F3N5O2/c23-22(24,25)17-7-5-6-16(14-17)15-19(31)11-9-18-10-12-21(32)30(18)13-4-2-1-3-8-20-26-28-29-27-20/h5-7,14,18-19,31H,1-4,8-13,15H2,(H,26,27,28,29)/t18-,19+/m0/s1. The van der Waals surface area contributed by atoms with Crippen LogP contribution in [0.4, 0.5) is 13.2 Å². The molecule has 0 spiro atoms. The molecule has 2 atom stereocenters. The number of alkyl halides is 3. The Hall–Kier alpha value is -2.49. The van der Waals surface area contributed by atoms with Crippen molar-refractivity contribution in [3.05, 3.63) is 41.2 Å². The average Bonchev–Trinajstić information content (AvgIpc) is 3.39. The molecule has 176 valence electrons. The molecule has 1 amide bonds. The van der Waals surface area contributed by atoms with E-state index in [1.165, 1.54) is 6.07 Å². The quantitative estimate of drug-likeness (QED) is 0.478. The number of nitrogens with one attached hydrogen (secondary N) is 1. The molecule has 32 heavy (non-hydrogen) atoms. The van der Waals surface area contributed by atoms with Crippen molar-refractivity contribution >= 4 is 5.91 Å². The van der Waals surface area contributed by atoms with E-state index in [-0.39, 0.29) is 18.4 Å². The van der Waals surface area contributed by atoms with Gasteiger partial charge in [-0.1, -0.05) is 36.3 Å². The lowest BCUT2D eigenvalue weighted by Crippen LogP contribution is -2.34. The molecule has 0 radical (unpaired) electrons. The highest BCUT2D eigenvalue weighted by Gasteiger charge is 2.31. The van der Waals surface area contributed by atoms with Crippen molar-refractivity contribution in [2.75, 3.05) is 6.54 Å². The summed E-state index contributed by atoms with van der Waals surface area (Å²) in [6.45, 7) is 0.704. The van der Waals surface area contributed by atoms with Gasteiger partial charge in [-0.2, -0.15) is 18.4 Å². The fraction of sp³-hybridized carbons (Fsp3) is 0.636. The first-order valence-corrected chi connectivity index (χ1v) is 11.2. The van der Waals surface area contributed by atoms with Crippen LogP contribution in [0, 0.1) is 0 Å². The van der Waals surface area contributed by atoms with Crippen molar-refractivity contribution in [2.45, 2.75) is 82.5 Å². The molecule has 0 aliphatic carbocycles. The number of nitrogens with zero attached hydrogens (tertiary/aromatic N) is 4. The van der Waals surface area contributed by atoms with E-state index in [0.29, 0.717) is 37.2 Å². The Morgan fingerprint density at radius 3 is 2.78 bits per heavy atom. The summed E-state index contributed by atoms with van der Waals surface area (Å²) in [6, 6.07) is 5.18. The molecule has 0 bridgehead atoms. The van der Waals surface area contributed by atoms with Crippen LogP contribution in [-0.4, -0.2) is 55.2 Å². The van der Waals surface area contributed by atoms with E-state index in [9.17, 15) is 23.1 Å². The second-order valence-corrected chi connectivity index (χ2v) is 8.41. The van der Waals surface area contributed by atoms with Gasteiger partial charge < -0.3 is 10.0 Å². The molecular formula is C22H30F3N5O2. The third-order valence-corrected chi connectivity index (χ3v) is 5.95. The smallest absolute Gasteiger partial charge is 0.393 e. The van der Waals surface area contributed by atoms with Gasteiger partial charge in [-0.25, -0.2) is 0 Å². The van der Waals surface area contributed by atoms with E-state index >= 15 is 0 Å². The van der Waals surface area contributed by atoms with Gasteiger partial charge in [-0.3, -0.25) is 4.79 Å². The number of hydrogen-bond acceptors (Lipinski definition) is 5. The number of aliphatic hydroxyl groups is 1. The number of carbonyl (C=O) groups excluding carboxylic acids is 1. The highest BCUT2D eigenvalue weighted by Crippen LogP contribution is 2.30. The maximum atomic E-state index is 12.9. The number of tetrazole rings is 1. The number of unbranched alkanes of at least 4 members (excludes halogenated alkanes) is 3. The molecule has 1 aliphatic rings. The highest BCUT2D eigenvalue weighted by molar-refractivity contribution is 5.78. The number of aliphatic hydroxyl groups excluding tert-OH is 1. The number of aromatic amines is 1. The summed E-state index contributed by atoms with van der Waals surface area (Å²) >= 11 is 0. The zero-order valence-corrected chi connectivity index (χ0v) is 18.0. The van der Waals surface area contributed by atoms with Gasteiger partial charge in [0.1, 0.15) is 0 Å². The van der Waals surface area contributed by atoms with Crippen LogP contribution >= 0.6 is 0 Å². The first kappa shape index (κ1) is 24.2. The molecule has 1 aliphatic heterocycles. The monoisotopic (exact) mass is 453 g/mol. The zero-order valence-electron chi connectivity index (χ0n) is 18.0. The van der Waals surface area contributed by atoms with Crippen LogP contribution in [-0.2, 0) is 23.8 Å². The molecule has 3 rings (SSSR count). The van der Waals surface area contributed by atoms with Gasteiger partial charge in [0.25, 0.3) is 0 Å². The fourth-order valence-electron chi connectivity index (χ4n) is 4.24. The number of carbonyl (C=O) groups is 1. The minimum atomic E-state index is -4.39. The van der Waals surface area contributed by atoms with Gasteiger partial charge in [-0.15, -0.1) is 10.2 Å². The SMILES string of the molecule is O=C1CC[C@H](CC[C@@H](O)Cc2cccc(C(F)(F)F)c2)N1CCCCCCc1nn[nH]n1. The molecule has 2 aromatic rings. The third-order valence-electron chi connectivity index (χ3n) is 5.95. The first-order valence-electron chi connectivity index (χ1n) is 11.2. The van der Waals surface area contributed by atoms with Gasteiger partial charge in [0.05, 0.1) is 11.7 Å². The van der Waals surface area contributed by atoms with Crippen molar-refractivity contribution < 1.29 is 23.1 Å². The van der Waals surface area contributed by atoms with Crippen molar-refractivity contribution in [3.63, 3.8) is 0 Å². The van der Waals surface area contributed by atoms with Gasteiger partial charge in [0.2, 0.25) is 5.91 Å². The molecule has 2 heterocycles. The van der Waals surface area contributed by atoms with Crippen molar-refractivity contribution in [1.29, 1.82) is 0 Å². The normalized spacial score (nSPS) is 17.8. The van der Waals surface area contributed by atoms with Crippen LogP contribution in [0.25, 0.3) is 0 Å². The van der Waals surface area contributed by atoms with Crippen LogP contribution in [0.3, 0.4) is 0 Å². The van der Waals surface area contributed by atoms with Crippen LogP contribution in [0.2, 0.25) is 0 Å². The summed E-state index contributed by atoms with van der Waals surface area (Å²) in [7, 11) is 0. The molecule has 10 heteroatoms. The molecule has 0 saturated carbocycles. The summed E-state index contributed by atoms with van der Waals surface area (Å²) in [5.41, 5.74) is -0.237. The minimum absolute atomic E-state index is 0.0954. The predicted molar refractivity (Wildman–Crippen MR) is 111 cm³/mol. The Morgan fingerprint density at radius 2 is 2.03 bits per heavy atom. The lowest BCUT2D eigenvalue weighted by atomic mass is 9.99. The molecule has 1 saturated heterocycles.